The number of rotatable bonds is 5. The zero-order valence-electron chi connectivity index (χ0n) is 18.2. The maximum atomic E-state index is 14.2. The number of nitrogens with zero attached hydrogens (tertiary/aromatic N) is 3. The van der Waals surface area contributed by atoms with E-state index in [-0.39, 0.29) is 54.8 Å². The molecule has 35 heavy (non-hydrogen) atoms. The average molecular weight is 661 g/mol. The Morgan fingerprint density at radius 1 is 0.886 bits per heavy atom. The third kappa shape index (κ3) is 5.46. The van der Waals surface area contributed by atoms with Gasteiger partial charge in [0, 0.05) is 38.2 Å². The normalized spacial score (nSPS) is 11.1. The first-order valence-corrected chi connectivity index (χ1v) is 9.98. The Kier molecular flexibility index (Phi) is 7.50. The topological polar surface area (TPSA) is 76.0 Å². The number of carbonyl (C=O) groups is 1. The largest absolute Gasteiger partial charge is 0.477 e. The molecule has 3 heterocycles. The second-order valence-electron chi connectivity index (χ2n) is 8.01. The van der Waals surface area contributed by atoms with Crippen LogP contribution in [0.3, 0.4) is 0 Å². The first-order chi connectivity index (χ1) is 16.0. The van der Waals surface area contributed by atoms with Crippen LogP contribution in [0.25, 0.3) is 22.4 Å². The molecular formula is C25H16F4N3O2Pt-. The smallest absolute Gasteiger partial charge is 0.354 e. The summed E-state index contributed by atoms with van der Waals surface area (Å²) in [5.41, 5.74) is -0.344. The molecule has 1 aromatic carbocycles. The van der Waals surface area contributed by atoms with Crippen LogP contribution in [0.1, 0.15) is 35.7 Å². The molecule has 0 radical (unpaired) electrons. The van der Waals surface area contributed by atoms with Crippen molar-refractivity contribution in [1.82, 2.24) is 15.0 Å². The van der Waals surface area contributed by atoms with Gasteiger partial charge >= 0.3 is 5.97 Å². The Bertz CT molecular complexity index is 1410. The van der Waals surface area contributed by atoms with Crippen LogP contribution in [-0.2, 0) is 26.5 Å². The van der Waals surface area contributed by atoms with E-state index < -0.39 is 34.9 Å². The first kappa shape index (κ1) is 26.2. The molecule has 0 amide bonds. The summed E-state index contributed by atoms with van der Waals surface area (Å²) in [7, 11) is 0. The molecule has 0 fully saturated rings. The van der Waals surface area contributed by atoms with Gasteiger partial charge in [-0.25, -0.2) is 27.3 Å². The molecule has 10 heteroatoms. The standard InChI is InChI=1S/C25H16F4N3O2.Pt/c1-25(2,20-5-3-4-18(30-20)17-6-7-22(28)32-23(17)29)21-11-14(10-19(31-21)24(33)34)13-8-15(26)12-16(27)9-13;/h3-5,7-12H,1-2H3,(H,33,34);/q-1;. The maximum absolute atomic E-state index is 14.2. The summed E-state index contributed by atoms with van der Waals surface area (Å²) in [6.07, 6.45) is 0. The summed E-state index contributed by atoms with van der Waals surface area (Å²) < 4.78 is 54.9. The number of aromatic nitrogens is 3. The molecule has 0 aliphatic carbocycles. The van der Waals surface area contributed by atoms with Crippen molar-refractivity contribution in [2.45, 2.75) is 19.3 Å². The number of halogens is 4. The van der Waals surface area contributed by atoms with E-state index in [1.807, 2.05) is 0 Å². The van der Waals surface area contributed by atoms with Gasteiger partial charge in [-0.15, -0.1) is 6.07 Å². The Morgan fingerprint density at radius 2 is 1.54 bits per heavy atom. The number of hydrogen-bond acceptors (Lipinski definition) is 4. The Labute approximate surface area is 212 Å². The number of carboxylic acid groups (broad SMARTS) is 1. The minimum absolute atomic E-state index is 0. The predicted molar refractivity (Wildman–Crippen MR) is 115 cm³/mol. The quantitative estimate of drug-likeness (QED) is 0.172. The molecule has 0 aliphatic rings. The summed E-state index contributed by atoms with van der Waals surface area (Å²) in [5.74, 6) is -5.06. The van der Waals surface area contributed by atoms with E-state index in [0.717, 1.165) is 18.2 Å². The molecule has 0 unspecified atom stereocenters. The third-order valence-corrected chi connectivity index (χ3v) is 5.27. The molecule has 1 N–H and O–H groups in total. The molecule has 0 aliphatic heterocycles. The van der Waals surface area contributed by atoms with Crippen LogP contribution < -0.4 is 0 Å². The van der Waals surface area contributed by atoms with Crippen molar-refractivity contribution in [1.29, 1.82) is 0 Å². The van der Waals surface area contributed by atoms with Crippen molar-refractivity contribution in [3.8, 4) is 22.4 Å². The van der Waals surface area contributed by atoms with Crippen molar-refractivity contribution in [3.63, 3.8) is 0 Å². The third-order valence-electron chi connectivity index (χ3n) is 5.27. The van der Waals surface area contributed by atoms with Crippen LogP contribution >= 0.6 is 0 Å². The second-order valence-corrected chi connectivity index (χ2v) is 8.01. The fourth-order valence-corrected chi connectivity index (χ4v) is 3.45. The second kappa shape index (κ2) is 10.0. The Balaban J connectivity index is 0.00000342. The summed E-state index contributed by atoms with van der Waals surface area (Å²) in [6, 6.07) is 13.7. The number of hydrogen-bond donors (Lipinski definition) is 1. The van der Waals surface area contributed by atoms with Crippen LogP contribution in [0, 0.1) is 29.6 Å². The van der Waals surface area contributed by atoms with Crippen LogP contribution in [0.5, 0.6) is 0 Å². The van der Waals surface area contributed by atoms with Crippen LogP contribution in [0.2, 0.25) is 0 Å². The van der Waals surface area contributed by atoms with Gasteiger partial charge in [-0.05, 0) is 61.0 Å². The summed E-state index contributed by atoms with van der Waals surface area (Å²) in [4.78, 5) is 23.5. The first-order valence-electron chi connectivity index (χ1n) is 9.98. The van der Waals surface area contributed by atoms with Gasteiger partial charge in [0.05, 0.1) is 5.69 Å². The van der Waals surface area contributed by atoms with Gasteiger partial charge < -0.3 is 10.1 Å². The van der Waals surface area contributed by atoms with E-state index >= 15 is 0 Å². The van der Waals surface area contributed by atoms with Crippen LogP contribution in [-0.4, -0.2) is 26.0 Å². The molecule has 0 spiro atoms. The SMILES string of the molecule is CC(C)(c1cc(-c2cc(F)cc(F)c2)cc(C(=O)O)n1)c1cccc(-c2[c-]cc(F)nc2F)n1.[Pt]. The van der Waals surface area contributed by atoms with Gasteiger partial charge in [-0.1, -0.05) is 23.8 Å². The molecule has 3 aromatic heterocycles. The zero-order valence-corrected chi connectivity index (χ0v) is 20.5. The monoisotopic (exact) mass is 661 g/mol. The van der Waals surface area contributed by atoms with E-state index in [2.05, 4.69) is 21.0 Å². The van der Waals surface area contributed by atoms with Gasteiger partial charge in [0.25, 0.3) is 0 Å². The van der Waals surface area contributed by atoms with Crippen LogP contribution in [0.15, 0.2) is 54.6 Å². The fourth-order valence-electron chi connectivity index (χ4n) is 3.45. The fraction of sp³-hybridized carbons (Fsp3) is 0.120. The van der Waals surface area contributed by atoms with E-state index in [1.54, 1.807) is 26.0 Å². The van der Waals surface area contributed by atoms with Crippen molar-refractivity contribution < 1.29 is 48.5 Å². The van der Waals surface area contributed by atoms with Crippen molar-refractivity contribution in [2.75, 3.05) is 0 Å². The molecule has 0 saturated carbocycles. The molecule has 0 bridgehead atoms. The Hall–Kier alpha value is -3.45. The van der Waals surface area contributed by atoms with Gasteiger partial charge in [0.2, 0.25) is 0 Å². The summed E-state index contributed by atoms with van der Waals surface area (Å²) >= 11 is 0. The van der Waals surface area contributed by atoms with Crippen molar-refractivity contribution in [2.24, 2.45) is 0 Å². The molecule has 4 rings (SSSR count). The van der Waals surface area contributed by atoms with E-state index in [0.29, 0.717) is 11.8 Å². The maximum Gasteiger partial charge on any atom is 0.354 e. The number of aromatic carboxylic acids is 1. The average Bonchev–Trinajstić information content (AvgIpc) is 2.78. The minimum Gasteiger partial charge on any atom is -0.477 e. The zero-order chi connectivity index (χ0) is 24.6. The number of benzene rings is 1. The number of pyridine rings is 3. The minimum atomic E-state index is -1.33. The molecule has 182 valence electrons. The van der Waals surface area contributed by atoms with Gasteiger partial charge in [-0.2, -0.15) is 0 Å². The predicted octanol–water partition coefficient (Wildman–Crippen LogP) is 5.58. The summed E-state index contributed by atoms with van der Waals surface area (Å²) in [6.45, 7) is 3.43. The van der Waals surface area contributed by atoms with Gasteiger partial charge in [-0.3, -0.25) is 4.98 Å². The molecule has 5 nitrogen and oxygen atoms in total. The van der Waals surface area contributed by atoms with Crippen molar-refractivity contribution in [3.05, 3.63) is 101 Å². The van der Waals surface area contributed by atoms with Gasteiger partial charge in [0.15, 0.2) is 0 Å². The van der Waals surface area contributed by atoms with E-state index in [1.165, 1.54) is 18.2 Å². The van der Waals surface area contributed by atoms with E-state index in [4.69, 9.17) is 0 Å². The summed E-state index contributed by atoms with van der Waals surface area (Å²) in [5, 5.41) is 9.56. The molecule has 0 saturated heterocycles. The molecular weight excluding hydrogens is 645 g/mol. The van der Waals surface area contributed by atoms with Gasteiger partial charge in [0.1, 0.15) is 29.2 Å². The Morgan fingerprint density at radius 3 is 2.17 bits per heavy atom. The molecule has 4 aromatic rings. The van der Waals surface area contributed by atoms with E-state index in [9.17, 15) is 27.5 Å². The molecule has 0 atom stereocenters. The van der Waals surface area contributed by atoms with Crippen LogP contribution in [0.4, 0.5) is 17.6 Å². The number of carboxylic acids is 1. The van der Waals surface area contributed by atoms with Crippen molar-refractivity contribution >= 4 is 5.97 Å².